The molecule has 0 bridgehead atoms. The Labute approximate surface area is 146 Å². The van der Waals surface area contributed by atoms with E-state index < -0.39 is 0 Å². The number of piperidine rings is 1. The highest BCUT2D eigenvalue weighted by atomic mass is 16.2. The van der Waals surface area contributed by atoms with E-state index in [4.69, 9.17) is 0 Å². The first-order valence-electron chi connectivity index (χ1n) is 8.80. The number of hydrogen-bond donors (Lipinski definition) is 0. The third-order valence-corrected chi connectivity index (χ3v) is 4.93. The lowest BCUT2D eigenvalue weighted by atomic mass is 10.0. The first kappa shape index (κ1) is 15.8. The fourth-order valence-electron chi connectivity index (χ4n) is 3.72. The van der Waals surface area contributed by atoms with Gasteiger partial charge in [-0.15, -0.1) is 0 Å². The van der Waals surface area contributed by atoms with E-state index in [-0.39, 0.29) is 11.9 Å². The second-order valence-electron chi connectivity index (χ2n) is 6.50. The van der Waals surface area contributed by atoms with Crippen LogP contribution in [0.1, 0.15) is 47.7 Å². The number of imidazole rings is 1. The van der Waals surface area contributed by atoms with Crippen molar-refractivity contribution in [1.29, 1.82) is 0 Å². The van der Waals surface area contributed by atoms with Crippen LogP contribution in [0.25, 0.3) is 5.65 Å². The van der Waals surface area contributed by atoms with Crippen molar-refractivity contribution in [3.63, 3.8) is 0 Å². The van der Waals surface area contributed by atoms with Crippen LogP contribution >= 0.6 is 0 Å². The van der Waals surface area contributed by atoms with Crippen molar-refractivity contribution in [2.24, 2.45) is 0 Å². The number of aryl methyl sites for hydroxylation is 2. The van der Waals surface area contributed by atoms with Crippen LogP contribution in [0, 0.1) is 6.92 Å². The van der Waals surface area contributed by atoms with Crippen molar-refractivity contribution in [3.05, 3.63) is 47.9 Å². The largest absolute Gasteiger partial charge is 0.336 e. The number of rotatable bonds is 3. The summed E-state index contributed by atoms with van der Waals surface area (Å²) in [6.45, 7) is 5.45. The summed E-state index contributed by atoms with van der Waals surface area (Å²) in [5.41, 5.74) is 1.97. The van der Waals surface area contributed by atoms with Crippen molar-refractivity contribution in [2.75, 3.05) is 13.1 Å². The predicted molar refractivity (Wildman–Crippen MR) is 93.5 cm³/mol. The van der Waals surface area contributed by atoms with Gasteiger partial charge in [-0.3, -0.25) is 4.79 Å². The molecule has 1 saturated heterocycles. The summed E-state index contributed by atoms with van der Waals surface area (Å²) in [6.07, 6.45) is 10.4. The lowest BCUT2D eigenvalue weighted by molar-refractivity contribution is 0.0679. The monoisotopic (exact) mass is 338 g/mol. The molecule has 1 aliphatic rings. The van der Waals surface area contributed by atoms with E-state index in [0.717, 1.165) is 37.3 Å². The number of likely N-dealkylation sites (tertiary alicyclic amines) is 1. The van der Waals surface area contributed by atoms with E-state index in [1.807, 2.05) is 36.5 Å². The Morgan fingerprint density at radius 2 is 2.16 bits per heavy atom. The van der Waals surface area contributed by atoms with Gasteiger partial charge in [-0.1, -0.05) is 6.92 Å². The molecule has 0 N–H and O–H groups in total. The molecule has 130 valence electrons. The number of amides is 1. The Bertz CT molecular complexity index is 911. The lowest BCUT2D eigenvalue weighted by Crippen LogP contribution is -2.41. The number of carbonyl (C=O) groups is 1. The molecule has 0 radical (unpaired) electrons. The molecule has 0 aromatic carbocycles. The molecule has 1 unspecified atom stereocenters. The number of aromatic nitrogens is 5. The molecule has 25 heavy (non-hydrogen) atoms. The molecule has 0 aliphatic carbocycles. The van der Waals surface area contributed by atoms with Crippen LogP contribution in [-0.2, 0) is 6.42 Å². The first-order chi connectivity index (χ1) is 12.2. The summed E-state index contributed by atoms with van der Waals surface area (Å²) in [5.74, 6) is 1.10. The van der Waals surface area contributed by atoms with Gasteiger partial charge in [-0.2, -0.15) is 5.10 Å². The molecule has 1 fully saturated rings. The third-order valence-electron chi connectivity index (χ3n) is 4.93. The maximum atomic E-state index is 13.2. The molecule has 3 aromatic rings. The molecule has 3 aromatic heterocycles. The van der Waals surface area contributed by atoms with Gasteiger partial charge in [0.25, 0.3) is 5.91 Å². The van der Waals surface area contributed by atoms with Gasteiger partial charge in [-0.25, -0.2) is 14.5 Å². The average Bonchev–Trinajstić information content (AvgIpc) is 3.24. The Hall–Kier alpha value is -2.70. The number of nitrogens with zero attached hydrogens (tertiary/aromatic N) is 6. The quantitative estimate of drug-likeness (QED) is 0.735. The van der Waals surface area contributed by atoms with E-state index in [1.54, 1.807) is 10.7 Å². The van der Waals surface area contributed by atoms with Gasteiger partial charge < -0.3 is 9.47 Å². The fraction of sp³-hybridized carbons (Fsp3) is 0.444. The average molecular weight is 338 g/mol. The van der Waals surface area contributed by atoms with Crippen LogP contribution in [-0.4, -0.2) is 48.0 Å². The van der Waals surface area contributed by atoms with Gasteiger partial charge in [0.2, 0.25) is 0 Å². The highest BCUT2D eigenvalue weighted by molar-refractivity contribution is 6.01. The maximum absolute atomic E-state index is 13.2. The Morgan fingerprint density at radius 3 is 3.00 bits per heavy atom. The Morgan fingerprint density at radius 1 is 1.28 bits per heavy atom. The van der Waals surface area contributed by atoms with Crippen molar-refractivity contribution >= 4 is 11.6 Å². The van der Waals surface area contributed by atoms with Crippen molar-refractivity contribution in [2.45, 2.75) is 39.2 Å². The van der Waals surface area contributed by atoms with E-state index >= 15 is 0 Å². The highest BCUT2D eigenvalue weighted by Crippen LogP contribution is 2.25. The van der Waals surface area contributed by atoms with Crippen LogP contribution in [0.5, 0.6) is 0 Å². The van der Waals surface area contributed by atoms with Gasteiger partial charge in [0.15, 0.2) is 5.65 Å². The molecule has 0 saturated carbocycles. The number of hydrogen-bond acceptors (Lipinski definition) is 4. The zero-order valence-electron chi connectivity index (χ0n) is 14.6. The van der Waals surface area contributed by atoms with Gasteiger partial charge in [0, 0.05) is 44.3 Å². The van der Waals surface area contributed by atoms with Crippen molar-refractivity contribution < 1.29 is 4.79 Å². The summed E-state index contributed by atoms with van der Waals surface area (Å²) in [6, 6.07) is 2.10. The van der Waals surface area contributed by atoms with Gasteiger partial charge in [0.05, 0.1) is 11.7 Å². The SMILES string of the molecule is CCc1nccn1C1CCCN(C(=O)c2c(C)nn3cccnc23)C1. The molecule has 1 aliphatic heterocycles. The standard InChI is InChI=1S/C18H22N6O/c1-3-15-19-8-11-23(15)14-6-4-9-22(12-14)18(25)16-13(2)21-24-10-5-7-20-17(16)24/h5,7-8,10-11,14H,3-4,6,9,12H2,1-2H3. The van der Waals surface area contributed by atoms with Crippen LogP contribution in [0.2, 0.25) is 0 Å². The van der Waals surface area contributed by atoms with Gasteiger partial charge in [-0.05, 0) is 25.8 Å². The predicted octanol–water partition coefficient (Wildman–Crippen LogP) is 2.27. The number of carbonyl (C=O) groups excluding carboxylic acids is 1. The van der Waals surface area contributed by atoms with Crippen LogP contribution in [0.3, 0.4) is 0 Å². The van der Waals surface area contributed by atoms with Crippen LogP contribution < -0.4 is 0 Å². The molecule has 4 heterocycles. The van der Waals surface area contributed by atoms with E-state index in [9.17, 15) is 4.79 Å². The van der Waals surface area contributed by atoms with Gasteiger partial charge in [0.1, 0.15) is 11.4 Å². The van der Waals surface area contributed by atoms with Crippen molar-refractivity contribution in [1.82, 2.24) is 29.0 Å². The minimum absolute atomic E-state index is 0.0223. The zero-order chi connectivity index (χ0) is 17.4. The summed E-state index contributed by atoms with van der Waals surface area (Å²) < 4.78 is 3.90. The van der Waals surface area contributed by atoms with Crippen molar-refractivity contribution in [3.8, 4) is 0 Å². The second-order valence-corrected chi connectivity index (χ2v) is 6.50. The molecule has 7 nitrogen and oxygen atoms in total. The Balaban J connectivity index is 1.63. The number of fused-ring (bicyclic) bond motifs is 1. The van der Waals surface area contributed by atoms with E-state index in [0.29, 0.717) is 17.8 Å². The molecule has 7 heteroatoms. The zero-order valence-corrected chi connectivity index (χ0v) is 14.6. The molecule has 4 rings (SSSR count). The normalized spacial score (nSPS) is 18.0. The first-order valence-corrected chi connectivity index (χ1v) is 8.80. The smallest absolute Gasteiger partial charge is 0.259 e. The molecule has 0 spiro atoms. The molecule has 1 amide bonds. The highest BCUT2D eigenvalue weighted by Gasteiger charge is 2.29. The summed E-state index contributed by atoms with van der Waals surface area (Å²) in [7, 11) is 0. The second kappa shape index (κ2) is 6.31. The summed E-state index contributed by atoms with van der Waals surface area (Å²) in [5, 5.41) is 4.42. The fourth-order valence-corrected chi connectivity index (χ4v) is 3.72. The molecular formula is C18H22N6O. The Kier molecular flexibility index (Phi) is 3.99. The minimum atomic E-state index is 0.0223. The van der Waals surface area contributed by atoms with Crippen LogP contribution in [0.4, 0.5) is 0 Å². The van der Waals surface area contributed by atoms with E-state index in [2.05, 4.69) is 26.6 Å². The third kappa shape index (κ3) is 2.69. The summed E-state index contributed by atoms with van der Waals surface area (Å²) in [4.78, 5) is 23.9. The molecular weight excluding hydrogens is 316 g/mol. The molecule has 1 atom stereocenters. The summed E-state index contributed by atoms with van der Waals surface area (Å²) >= 11 is 0. The topological polar surface area (TPSA) is 68.3 Å². The lowest BCUT2D eigenvalue weighted by Gasteiger charge is -2.34. The van der Waals surface area contributed by atoms with E-state index in [1.165, 1.54) is 0 Å². The minimum Gasteiger partial charge on any atom is -0.336 e. The van der Waals surface area contributed by atoms with Crippen LogP contribution in [0.15, 0.2) is 30.9 Å². The van der Waals surface area contributed by atoms with Gasteiger partial charge >= 0.3 is 0 Å². The maximum Gasteiger partial charge on any atom is 0.259 e.